The van der Waals surface area contributed by atoms with Gasteiger partial charge in [-0.1, -0.05) is 18.5 Å². The van der Waals surface area contributed by atoms with E-state index < -0.39 is 0 Å². The van der Waals surface area contributed by atoms with Gasteiger partial charge in [0, 0.05) is 31.9 Å². The van der Waals surface area contributed by atoms with Crippen LogP contribution in [0.3, 0.4) is 0 Å². The molecule has 1 aromatic heterocycles. The lowest BCUT2D eigenvalue weighted by atomic mass is 10.1. The summed E-state index contributed by atoms with van der Waals surface area (Å²) in [6.07, 6.45) is 4.89. The van der Waals surface area contributed by atoms with Gasteiger partial charge < -0.3 is 19.7 Å². The summed E-state index contributed by atoms with van der Waals surface area (Å²) in [6, 6.07) is 8.27. The third-order valence-corrected chi connectivity index (χ3v) is 4.92. The molecule has 0 amide bonds. The van der Waals surface area contributed by atoms with Crippen molar-refractivity contribution in [1.29, 1.82) is 0 Å². The standard InChI is InChI=1S/C20H27ClN4O2/c1-3-10-27-20-17(21)11-15(12-18(20)26-2)13-22-16-6-5-9-25(14-16)19-7-4-8-23-24-19/h4,7-8,11-12,16,22H,3,5-6,9-10,13-14H2,1-2H3. The topological polar surface area (TPSA) is 59.5 Å². The van der Waals surface area contributed by atoms with Crippen molar-refractivity contribution in [3.8, 4) is 11.5 Å². The van der Waals surface area contributed by atoms with Crippen LogP contribution < -0.4 is 19.7 Å². The number of rotatable bonds is 8. The predicted molar refractivity (Wildman–Crippen MR) is 108 cm³/mol. The van der Waals surface area contributed by atoms with Gasteiger partial charge in [-0.25, -0.2) is 0 Å². The van der Waals surface area contributed by atoms with Gasteiger partial charge in [0.1, 0.15) is 0 Å². The Morgan fingerprint density at radius 1 is 1.37 bits per heavy atom. The normalized spacial score (nSPS) is 17.0. The first-order valence-electron chi connectivity index (χ1n) is 9.46. The monoisotopic (exact) mass is 390 g/mol. The fraction of sp³-hybridized carbons (Fsp3) is 0.500. The molecule has 1 aliphatic rings. The maximum absolute atomic E-state index is 6.42. The van der Waals surface area contributed by atoms with E-state index in [9.17, 15) is 0 Å². The number of hydrogen-bond donors (Lipinski definition) is 1. The Hall–Kier alpha value is -2.05. The Balaban J connectivity index is 1.61. The van der Waals surface area contributed by atoms with Gasteiger partial charge in [0.2, 0.25) is 0 Å². The average Bonchev–Trinajstić information content (AvgIpc) is 2.72. The summed E-state index contributed by atoms with van der Waals surface area (Å²) >= 11 is 6.42. The molecule has 2 aromatic rings. The van der Waals surface area contributed by atoms with E-state index >= 15 is 0 Å². The minimum absolute atomic E-state index is 0.390. The van der Waals surface area contributed by atoms with E-state index in [4.69, 9.17) is 21.1 Å². The lowest BCUT2D eigenvalue weighted by molar-refractivity contribution is 0.294. The molecule has 0 spiro atoms. The minimum Gasteiger partial charge on any atom is -0.493 e. The number of halogens is 1. The molecule has 2 heterocycles. The molecule has 1 atom stereocenters. The average molecular weight is 391 g/mol. The molecule has 0 bridgehead atoms. The highest BCUT2D eigenvalue weighted by atomic mass is 35.5. The van der Waals surface area contributed by atoms with Gasteiger partial charge >= 0.3 is 0 Å². The highest BCUT2D eigenvalue weighted by Gasteiger charge is 2.21. The van der Waals surface area contributed by atoms with Crippen LogP contribution in [0.1, 0.15) is 31.7 Å². The maximum Gasteiger partial charge on any atom is 0.179 e. The van der Waals surface area contributed by atoms with Crippen LogP contribution in [0.5, 0.6) is 11.5 Å². The van der Waals surface area contributed by atoms with Crippen LogP contribution in [0.25, 0.3) is 0 Å². The Morgan fingerprint density at radius 3 is 3.00 bits per heavy atom. The molecule has 3 rings (SSSR count). The Kier molecular flexibility index (Phi) is 7.12. The fourth-order valence-corrected chi connectivity index (χ4v) is 3.58. The molecule has 1 unspecified atom stereocenters. The van der Waals surface area contributed by atoms with Crippen molar-refractivity contribution in [2.45, 2.75) is 38.8 Å². The number of ether oxygens (including phenoxy) is 2. The fourth-order valence-electron chi connectivity index (χ4n) is 3.30. The molecule has 1 saturated heterocycles. The quantitative estimate of drug-likeness (QED) is 0.741. The molecule has 1 aromatic carbocycles. The first-order valence-corrected chi connectivity index (χ1v) is 9.84. The van der Waals surface area contributed by atoms with E-state index in [1.807, 2.05) is 24.3 Å². The zero-order chi connectivity index (χ0) is 19.1. The van der Waals surface area contributed by atoms with Gasteiger partial charge in [0.15, 0.2) is 17.3 Å². The van der Waals surface area contributed by atoms with Crippen molar-refractivity contribution < 1.29 is 9.47 Å². The van der Waals surface area contributed by atoms with Crippen LogP contribution >= 0.6 is 11.6 Å². The van der Waals surface area contributed by atoms with E-state index in [0.29, 0.717) is 29.2 Å². The highest BCUT2D eigenvalue weighted by Crippen LogP contribution is 2.36. The van der Waals surface area contributed by atoms with E-state index in [2.05, 4.69) is 27.3 Å². The number of piperidine rings is 1. The third-order valence-electron chi connectivity index (χ3n) is 4.64. The zero-order valence-electron chi connectivity index (χ0n) is 15.9. The van der Waals surface area contributed by atoms with Crippen molar-refractivity contribution >= 4 is 17.4 Å². The number of hydrogen-bond acceptors (Lipinski definition) is 6. The van der Waals surface area contributed by atoms with Gasteiger partial charge in [0.25, 0.3) is 0 Å². The number of anilines is 1. The van der Waals surface area contributed by atoms with E-state index in [0.717, 1.165) is 50.3 Å². The van der Waals surface area contributed by atoms with Gasteiger partial charge in [-0.15, -0.1) is 5.10 Å². The molecule has 1 fully saturated rings. The van der Waals surface area contributed by atoms with Crippen LogP contribution in [0.15, 0.2) is 30.5 Å². The van der Waals surface area contributed by atoms with E-state index in [-0.39, 0.29) is 0 Å². The first-order chi connectivity index (χ1) is 13.2. The Bertz CT molecular complexity index is 729. The molecule has 1 aliphatic heterocycles. The van der Waals surface area contributed by atoms with Gasteiger partial charge in [-0.3, -0.25) is 0 Å². The maximum atomic E-state index is 6.42. The molecule has 0 aliphatic carbocycles. The van der Waals surface area contributed by atoms with E-state index in [1.54, 1.807) is 13.3 Å². The SMILES string of the molecule is CCCOc1c(Cl)cc(CNC2CCCN(c3cccnn3)C2)cc1OC. The molecular formula is C20H27ClN4O2. The van der Waals surface area contributed by atoms with Crippen molar-refractivity contribution in [2.75, 3.05) is 31.7 Å². The molecule has 1 N–H and O–H groups in total. The largest absolute Gasteiger partial charge is 0.493 e. The van der Waals surface area contributed by atoms with Crippen LogP contribution in [-0.4, -0.2) is 43.0 Å². The second kappa shape index (κ2) is 9.76. The summed E-state index contributed by atoms with van der Waals surface area (Å²) in [4.78, 5) is 2.28. The summed E-state index contributed by atoms with van der Waals surface area (Å²) in [6.45, 7) is 5.34. The second-order valence-corrected chi connectivity index (χ2v) is 7.11. The summed E-state index contributed by atoms with van der Waals surface area (Å²) < 4.78 is 11.2. The minimum atomic E-state index is 0.390. The highest BCUT2D eigenvalue weighted by molar-refractivity contribution is 6.32. The number of methoxy groups -OCH3 is 1. The van der Waals surface area contributed by atoms with Gasteiger partial charge in [-0.2, -0.15) is 5.10 Å². The molecule has 6 nitrogen and oxygen atoms in total. The summed E-state index contributed by atoms with van der Waals surface area (Å²) in [5, 5.41) is 12.4. The van der Waals surface area contributed by atoms with Gasteiger partial charge in [-0.05, 0) is 49.1 Å². The van der Waals surface area contributed by atoms with Crippen LogP contribution in [-0.2, 0) is 6.54 Å². The molecular weight excluding hydrogens is 364 g/mol. The Labute approximate surface area is 165 Å². The number of benzene rings is 1. The van der Waals surface area contributed by atoms with E-state index in [1.165, 1.54) is 0 Å². The number of nitrogens with zero attached hydrogens (tertiary/aromatic N) is 3. The first kappa shape index (κ1) is 19.7. The van der Waals surface area contributed by atoms with Crippen LogP contribution in [0.2, 0.25) is 5.02 Å². The predicted octanol–water partition coefficient (Wildman–Crippen LogP) is 3.69. The Morgan fingerprint density at radius 2 is 2.26 bits per heavy atom. The van der Waals surface area contributed by atoms with Crippen molar-refractivity contribution in [3.05, 3.63) is 41.0 Å². The zero-order valence-corrected chi connectivity index (χ0v) is 16.7. The molecule has 27 heavy (non-hydrogen) atoms. The van der Waals surface area contributed by atoms with Crippen molar-refractivity contribution in [3.63, 3.8) is 0 Å². The summed E-state index contributed by atoms with van der Waals surface area (Å²) in [7, 11) is 1.64. The second-order valence-electron chi connectivity index (χ2n) is 6.71. The number of aromatic nitrogens is 2. The smallest absolute Gasteiger partial charge is 0.179 e. The molecule has 7 heteroatoms. The summed E-state index contributed by atoms with van der Waals surface area (Å²) in [5.41, 5.74) is 1.08. The molecule has 0 saturated carbocycles. The molecule has 146 valence electrons. The third kappa shape index (κ3) is 5.23. The van der Waals surface area contributed by atoms with Gasteiger partial charge in [0.05, 0.1) is 18.7 Å². The number of nitrogens with one attached hydrogen (secondary N) is 1. The van der Waals surface area contributed by atoms with Crippen molar-refractivity contribution in [1.82, 2.24) is 15.5 Å². The summed E-state index contributed by atoms with van der Waals surface area (Å²) in [5.74, 6) is 2.24. The lowest BCUT2D eigenvalue weighted by Crippen LogP contribution is -2.45. The van der Waals surface area contributed by atoms with Crippen LogP contribution in [0.4, 0.5) is 5.82 Å². The lowest BCUT2D eigenvalue weighted by Gasteiger charge is -2.33. The van der Waals surface area contributed by atoms with Crippen LogP contribution in [0, 0.1) is 0 Å². The molecule has 0 radical (unpaired) electrons. The van der Waals surface area contributed by atoms with Crippen molar-refractivity contribution in [2.24, 2.45) is 0 Å².